The highest BCUT2D eigenvalue weighted by Crippen LogP contribution is 2.20. The summed E-state index contributed by atoms with van der Waals surface area (Å²) in [5.41, 5.74) is 1.23. The number of nitrogens with one attached hydrogen (secondary N) is 4. The molecule has 0 saturated carbocycles. The largest absolute Gasteiger partial charge is 0.341 e. The van der Waals surface area contributed by atoms with Crippen LogP contribution in [0.4, 0.5) is 21.0 Å². The summed E-state index contributed by atoms with van der Waals surface area (Å²) in [5.74, 6) is 0. The number of anilines is 2. The molecule has 0 aromatic heterocycles. The molecule has 17 heavy (non-hydrogen) atoms. The van der Waals surface area contributed by atoms with E-state index < -0.39 is 0 Å². The standard InChI is InChI=1S/C10H13IN4O2/c1-12-9(16)14-7-3-6(11)4-8(5-7)15-10(17)13-2/h3-5H,1-2H3,(H2,12,14,16)(H2,13,15,17). The van der Waals surface area contributed by atoms with E-state index in [4.69, 9.17) is 0 Å². The molecule has 92 valence electrons. The fourth-order valence-electron chi connectivity index (χ4n) is 1.12. The van der Waals surface area contributed by atoms with Crippen molar-refractivity contribution in [1.29, 1.82) is 0 Å². The van der Waals surface area contributed by atoms with Gasteiger partial charge in [-0.3, -0.25) is 0 Å². The lowest BCUT2D eigenvalue weighted by Gasteiger charge is -2.09. The Labute approximate surface area is 113 Å². The first-order chi connectivity index (χ1) is 8.05. The number of benzene rings is 1. The van der Waals surface area contributed by atoms with Crippen LogP contribution in [0.3, 0.4) is 0 Å². The Morgan fingerprint density at radius 2 is 1.35 bits per heavy atom. The monoisotopic (exact) mass is 348 g/mol. The average molecular weight is 348 g/mol. The number of urea groups is 2. The summed E-state index contributed by atoms with van der Waals surface area (Å²) in [4.78, 5) is 22.3. The Morgan fingerprint density at radius 1 is 0.941 bits per heavy atom. The summed E-state index contributed by atoms with van der Waals surface area (Å²) in [5, 5.41) is 10.2. The Balaban J connectivity index is 2.86. The summed E-state index contributed by atoms with van der Waals surface area (Å²) in [6.45, 7) is 0. The molecular weight excluding hydrogens is 335 g/mol. The molecule has 0 aliphatic rings. The summed E-state index contributed by atoms with van der Waals surface area (Å²) >= 11 is 2.11. The van der Waals surface area contributed by atoms with Crippen molar-refractivity contribution in [3.8, 4) is 0 Å². The van der Waals surface area contributed by atoms with E-state index in [9.17, 15) is 9.59 Å². The second-order valence-electron chi connectivity index (χ2n) is 3.14. The molecule has 0 radical (unpaired) electrons. The predicted octanol–water partition coefficient (Wildman–Crippen LogP) is 1.79. The predicted molar refractivity (Wildman–Crippen MR) is 75.3 cm³/mol. The summed E-state index contributed by atoms with van der Waals surface area (Å²) in [7, 11) is 3.07. The van der Waals surface area contributed by atoms with Crippen molar-refractivity contribution in [2.24, 2.45) is 0 Å². The maximum atomic E-state index is 11.2. The van der Waals surface area contributed by atoms with Crippen LogP contribution in [-0.4, -0.2) is 26.2 Å². The summed E-state index contributed by atoms with van der Waals surface area (Å²) in [6, 6.07) is 4.65. The quantitative estimate of drug-likeness (QED) is 0.615. The van der Waals surface area contributed by atoms with Gasteiger partial charge >= 0.3 is 12.1 Å². The summed E-state index contributed by atoms with van der Waals surface area (Å²) in [6.07, 6.45) is 0. The van der Waals surface area contributed by atoms with Crippen molar-refractivity contribution < 1.29 is 9.59 Å². The van der Waals surface area contributed by atoms with Crippen molar-refractivity contribution in [1.82, 2.24) is 10.6 Å². The third-order valence-corrected chi connectivity index (χ3v) is 2.49. The first-order valence-corrected chi connectivity index (χ1v) is 5.91. The third-order valence-electron chi connectivity index (χ3n) is 1.87. The van der Waals surface area contributed by atoms with Crippen LogP contribution in [0.5, 0.6) is 0 Å². The number of hydrogen-bond donors (Lipinski definition) is 4. The van der Waals surface area contributed by atoms with Gasteiger partial charge in [0.05, 0.1) is 0 Å². The van der Waals surface area contributed by atoms with E-state index in [0.717, 1.165) is 3.57 Å². The molecule has 4 N–H and O–H groups in total. The van der Waals surface area contributed by atoms with Crippen molar-refractivity contribution >= 4 is 46.0 Å². The highest BCUT2D eigenvalue weighted by atomic mass is 127. The lowest BCUT2D eigenvalue weighted by molar-refractivity contribution is 0.253. The van der Waals surface area contributed by atoms with Gasteiger partial charge in [-0.15, -0.1) is 0 Å². The molecule has 4 amide bonds. The lowest BCUT2D eigenvalue weighted by Crippen LogP contribution is -2.25. The van der Waals surface area contributed by atoms with Crippen LogP contribution >= 0.6 is 22.6 Å². The molecule has 6 nitrogen and oxygen atoms in total. The van der Waals surface area contributed by atoms with Gasteiger partial charge < -0.3 is 21.3 Å². The van der Waals surface area contributed by atoms with E-state index in [-0.39, 0.29) is 12.1 Å². The van der Waals surface area contributed by atoms with Gasteiger partial charge in [-0.25, -0.2) is 9.59 Å². The number of carbonyl (C=O) groups is 2. The molecule has 1 aromatic rings. The van der Waals surface area contributed by atoms with E-state index in [0.29, 0.717) is 11.4 Å². The summed E-state index contributed by atoms with van der Waals surface area (Å²) < 4.78 is 0.905. The Bertz CT molecular complexity index is 400. The Morgan fingerprint density at radius 3 is 1.71 bits per heavy atom. The normalized spacial score (nSPS) is 9.35. The van der Waals surface area contributed by atoms with Gasteiger partial charge in [-0.2, -0.15) is 0 Å². The zero-order valence-corrected chi connectivity index (χ0v) is 11.6. The fourth-order valence-corrected chi connectivity index (χ4v) is 1.79. The van der Waals surface area contributed by atoms with Crippen molar-refractivity contribution in [3.63, 3.8) is 0 Å². The minimum atomic E-state index is -0.308. The van der Waals surface area contributed by atoms with Gasteiger partial charge in [0, 0.05) is 29.0 Å². The van der Waals surface area contributed by atoms with Gasteiger partial charge in [-0.1, -0.05) is 0 Å². The SMILES string of the molecule is CNC(=O)Nc1cc(I)cc(NC(=O)NC)c1. The molecule has 7 heteroatoms. The van der Waals surface area contributed by atoms with Crippen LogP contribution in [0, 0.1) is 3.57 Å². The molecule has 0 aliphatic heterocycles. The van der Waals surface area contributed by atoms with Crippen LogP contribution in [0.15, 0.2) is 18.2 Å². The zero-order valence-electron chi connectivity index (χ0n) is 9.43. The van der Waals surface area contributed by atoms with E-state index in [1.165, 1.54) is 14.1 Å². The van der Waals surface area contributed by atoms with Gasteiger partial charge in [-0.05, 0) is 40.8 Å². The Kier molecular flexibility index (Phi) is 5.01. The van der Waals surface area contributed by atoms with Crippen molar-refractivity contribution in [2.75, 3.05) is 24.7 Å². The number of carbonyl (C=O) groups excluding carboxylic acids is 2. The zero-order chi connectivity index (χ0) is 12.8. The smallest absolute Gasteiger partial charge is 0.318 e. The molecule has 0 spiro atoms. The molecule has 0 unspecified atom stereocenters. The minimum Gasteiger partial charge on any atom is -0.341 e. The number of amides is 4. The van der Waals surface area contributed by atoms with Crippen LogP contribution in [0.2, 0.25) is 0 Å². The number of rotatable bonds is 2. The first-order valence-electron chi connectivity index (χ1n) is 4.83. The van der Waals surface area contributed by atoms with Crippen LogP contribution in [-0.2, 0) is 0 Å². The average Bonchev–Trinajstić information content (AvgIpc) is 2.27. The van der Waals surface area contributed by atoms with Gasteiger partial charge in [0.15, 0.2) is 0 Å². The highest BCUT2D eigenvalue weighted by Gasteiger charge is 2.04. The molecule has 1 rings (SSSR count). The third kappa shape index (κ3) is 4.47. The van der Waals surface area contributed by atoms with Crippen LogP contribution in [0.25, 0.3) is 0 Å². The molecule has 0 aliphatic carbocycles. The van der Waals surface area contributed by atoms with Crippen LogP contribution in [0.1, 0.15) is 0 Å². The molecule has 0 saturated heterocycles. The topological polar surface area (TPSA) is 82.3 Å². The number of hydrogen-bond acceptors (Lipinski definition) is 2. The Hall–Kier alpha value is -1.51. The van der Waals surface area contributed by atoms with Crippen molar-refractivity contribution in [2.45, 2.75) is 0 Å². The fraction of sp³-hybridized carbons (Fsp3) is 0.200. The van der Waals surface area contributed by atoms with E-state index in [1.807, 2.05) is 0 Å². The van der Waals surface area contributed by atoms with E-state index in [2.05, 4.69) is 43.9 Å². The van der Waals surface area contributed by atoms with E-state index in [1.54, 1.807) is 18.2 Å². The first kappa shape index (κ1) is 13.6. The van der Waals surface area contributed by atoms with Gasteiger partial charge in [0.2, 0.25) is 0 Å². The second-order valence-corrected chi connectivity index (χ2v) is 4.38. The second kappa shape index (κ2) is 6.28. The van der Waals surface area contributed by atoms with Gasteiger partial charge in [0.1, 0.15) is 0 Å². The molecule has 0 heterocycles. The maximum absolute atomic E-state index is 11.2. The molecule has 0 atom stereocenters. The molecule has 0 bridgehead atoms. The lowest BCUT2D eigenvalue weighted by atomic mass is 10.3. The van der Waals surface area contributed by atoms with Crippen molar-refractivity contribution in [3.05, 3.63) is 21.8 Å². The van der Waals surface area contributed by atoms with E-state index >= 15 is 0 Å². The number of halogens is 1. The minimum absolute atomic E-state index is 0.308. The van der Waals surface area contributed by atoms with Crippen LogP contribution < -0.4 is 21.3 Å². The highest BCUT2D eigenvalue weighted by molar-refractivity contribution is 14.1. The maximum Gasteiger partial charge on any atom is 0.318 e. The molecule has 1 aromatic carbocycles. The molecular formula is C10H13IN4O2. The molecule has 0 fully saturated rings. The van der Waals surface area contributed by atoms with Gasteiger partial charge in [0.25, 0.3) is 0 Å².